The van der Waals surface area contributed by atoms with Gasteiger partial charge in [0, 0.05) is 36.5 Å². The number of nitrogens with one attached hydrogen (secondary N) is 1. The lowest BCUT2D eigenvalue weighted by atomic mass is 10.1. The number of nitrogens with zero attached hydrogens (tertiary/aromatic N) is 2. The SMILES string of the molecule is COc1ccc([C@H](C)N)cn1.COc1ccc([C@H](C)NC(=O)[C@H]2C[C@@H]2c2ccccc2)cn1.O=C(O)[C@H]1C[C@@H]1c1ccccc1. The molecule has 9 heteroatoms. The predicted octanol–water partition coefficient (Wildman–Crippen LogP) is 6.06. The van der Waals surface area contributed by atoms with E-state index >= 15 is 0 Å². The summed E-state index contributed by atoms with van der Waals surface area (Å²) in [6.07, 6.45) is 5.21. The molecular weight excluding hydrogens is 568 g/mol. The highest BCUT2D eigenvalue weighted by atomic mass is 16.5. The van der Waals surface area contributed by atoms with Crippen LogP contribution in [0.4, 0.5) is 0 Å². The van der Waals surface area contributed by atoms with Crippen LogP contribution in [0.5, 0.6) is 11.8 Å². The van der Waals surface area contributed by atoms with Crippen LogP contribution in [0, 0.1) is 11.8 Å². The average Bonchev–Trinajstić information content (AvgIpc) is 4.01. The van der Waals surface area contributed by atoms with E-state index in [9.17, 15) is 9.59 Å². The van der Waals surface area contributed by atoms with Gasteiger partial charge in [0.15, 0.2) is 0 Å². The van der Waals surface area contributed by atoms with Crippen LogP contribution < -0.4 is 20.5 Å². The van der Waals surface area contributed by atoms with Gasteiger partial charge in [-0.25, -0.2) is 9.97 Å². The quantitative estimate of drug-likeness (QED) is 0.208. The van der Waals surface area contributed by atoms with Crippen molar-refractivity contribution in [3.05, 3.63) is 120 Å². The molecule has 6 atom stereocenters. The topological polar surface area (TPSA) is 137 Å². The number of aromatic nitrogens is 2. The summed E-state index contributed by atoms with van der Waals surface area (Å²) in [5, 5.41) is 11.8. The number of carbonyl (C=O) groups excluding carboxylic acids is 1. The summed E-state index contributed by atoms with van der Waals surface area (Å²) in [5.74, 6) is 1.25. The number of hydrogen-bond acceptors (Lipinski definition) is 7. The molecule has 0 radical (unpaired) electrons. The summed E-state index contributed by atoms with van der Waals surface area (Å²) >= 11 is 0. The van der Waals surface area contributed by atoms with E-state index in [1.807, 2.05) is 80.6 Å². The fourth-order valence-corrected chi connectivity index (χ4v) is 5.04. The van der Waals surface area contributed by atoms with Gasteiger partial charge in [-0.05, 0) is 60.8 Å². The highest BCUT2D eigenvalue weighted by molar-refractivity contribution is 5.83. The number of hydrogen-bond donors (Lipinski definition) is 3. The number of carboxylic acids is 1. The normalized spacial score (nSPS) is 20.5. The second kappa shape index (κ2) is 15.8. The van der Waals surface area contributed by atoms with Gasteiger partial charge in [0.05, 0.1) is 26.2 Å². The molecule has 2 aromatic heterocycles. The van der Waals surface area contributed by atoms with Crippen molar-refractivity contribution in [2.75, 3.05) is 14.2 Å². The average molecular weight is 611 g/mol. The molecule has 1 amide bonds. The second-order valence-corrected chi connectivity index (χ2v) is 11.3. The van der Waals surface area contributed by atoms with Crippen molar-refractivity contribution in [1.82, 2.24) is 15.3 Å². The Bertz CT molecular complexity index is 1500. The van der Waals surface area contributed by atoms with Crippen molar-refractivity contribution in [3.8, 4) is 11.8 Å². The van der Waals surface area contributed by atoms with E-state index in [1.165, 1.54) is 5.56 Å². The molecule has 2 heterocycles. The zero-order valence-corrected chi connectivity index (χ0v) is 26.2. The minimum absolute atomic E-state index is 0.0356. The third kappa shape index (κ3) is 9.61. The second-order valence-electron chi connectivity index (χ2n) is 11.3. The highest BCUT2D eigenvalue weighted by Gasteiger charge is 2.44. The van der Waals surface area contributed by atoms with Crippen LogP contribution in [0.15, 0.2) is 97.3 Å². The summed E-state index contributed by atoms with van der Waals surface area (Å²) in [6, 6.07) is 27.5. The molecule has 0 bridgehead atoms. The summed E-state index contributed by atoms with van der Waals surface area (Å²) in [7, 11) is 3.18. The smallest absolute Gasteiger partial charge is 0.307 e. The van der Waals surface area contributed by atoms with E-state index < -0.39 is 5.97 Å². The highest BCUT2D eigenvalue weighted by Crippen LogP contribution is 2.48. The maximum atomic E-state index is 12.3. The molecule has 2 aliphatic rings. The van der Waals surface area contributed by atoms with Crippen LogP contribution in [-0.4, -0.2) is 41.2 Å². The van der Waals surface area contributed by atoms with Gasteiger partial charge < -0.3 is 25.6 Å². The molecule has 2 aliphatic carbocycles. The molecule has 236 valence electrons. The van der Waals surface area contributed by atoms with E-state index in [1.54, 1.807) is 32.7 Å². The number of aliphatic carboxylic acids is 1. The van der Waals surface area contributed by atoms with Gasteiger partial charge in [-0.2, -0.15) is 0 Å². The Hall–Kier alpha value is -4.76. The third-order valence-corrected chi connectivity index (χ3v) is 8.01. The minimum atomic E-state index is -0.663. The Morgan fingerprint density at radius 2 is 1.22 bits per heavy atom. The number of rotatable bonds is 9. The Morgan fingerprint density at radius 3 is 1.62 bits per heavy atom. The van der Waals surface area contributed by atoms with E-state index in [0.717, 1.165) is 29.5 Å². The van der Waals surface area contributed by atoms with Crippen LogP contribution in [0.2, 0.25) is 0 Å². The molecule has 2 aromatic carbocycles. The van der Waals surface area contributed by atoms with Crippen LogP contribution >= 0.6 is 0 Å². The fraction of sp³-hybridized carbons (Fsp3) is 0.333. The number of nitrogens with two attached hydrogens (primary N) is 1. The van der Waals surface area contributed by atoms with Gasteiger partial charge in [0.2, 0.25) is 17.7 Å². The first-order chi connectivity index (χ1) is 21.7. The van der Waals surface area contributed by atoms with Crippen molar-refractivity contribution in [3.63, 3.8) is 0 Å². The first-order valence-corrected chi connectivity index (χ1v) is 15.1. The summed E-state index contributed by atoms with van der Waals surface area (Å²) < 4.78 is 9.94. The molecule has 45 heavy (non-hydrogen) atoms. The van der Waals surface area contributed by atoms with E-state index in [-0.39, 0.29) is 35.7 Å². The molecule has 9 nitrogen and oxygen atoms in total. The molecule has 0 spiro atoms. The van der Waals surface area contributed by atoms with Gasteiger partial charge >= 0.3 is 5.97 Å². The molecular formula is C36H42N4O5. The van der Waals surface area contributed by atoms with Crippen molar-refractivity contribution < 1.29 is 24.2 Å². The zero-order valence-electron chi connectivity index (χ0n) is 26.2. The van der Waals surface area contributed by atoms with Crippen molar-refractivity contribution >= 4 is 11.9 Å². The van der Waals surface area contributed by atoms with Gasteiger partial charge in [-0.1, -0.05) is 72.8 Å². The lowest BCUT2D eigenvalue weighted by Gasteiger charge is -2.14. The molecule has 0 aliphatic heterocycles. The third-order valence-electron chi connectivity index (χ3n) is 8.01. The number of ether oxygens (including phenoxy) is 2. The minimum Gasteiger partial charge on any atom is -0.481 e. The van der Waals surface area contributed by atoms with Crippen LogP contribution in [0.3, 0.4) is 0 Å². The van der Waals surface area contributed by atoms with Crippen molar-refractivity contribution in [2.45, 2.75) is 50.6 Å². The van der Waals surface area contributed by atoms with E-state index in [2.05, 4.69) is 27.4 Å². The largest absolute Gasteiger partial charge is 0.481 e. The number of carbonyl (C=O) groups is 2. The molecule has 0 saturated heterocycles. The first-order valence-electron chi connectivity index (χ1n) is 15.1. The van der Waals surface area contributed by atoms with Gasteiger partial charge in [-0.15, -0.1) is 0 Å². The molecule has 0 unspecified atom stereocenters. The Kier molecular flexibility index (Phi) is 11.6. The Morgan fingerprint density at radius 1 is 0.756 bits per heavy atom. The monoisotopic (exact) mass is 610 g/mol. The Balaban J connectivity index is 0.000000169. The van der Waals surface area contributed by atoms with Gasteiger partial charge in [-0.3, -0.25) is 9.59 Å². The Labute approximate surface area is 264 Å². The molecule has 2 fully saturated rings. The maximum Gasteiger partial charge on any atom is 0.307 e. The van der Waals surface area contributed by atoms with Gasteiger partial charge in [0.1, 0.15) is 0 Å². The van der Waals surface area contributed by atoms with Crippen LogP contribution in [-0.2, 0) is 9.59 Å². The molecule has 4 N–H and O–H groups in total. The van der Waals surface area contributed by atoms with Crippen molar-refractivity contribution in [1.29, 1.82) is 0 Å². The van der Waals surface area contributed by atoms with E-state index in [4.69, 9.17) is 20.3 Å². The first kappa shape index (κ1) is 33.1. The van der Waals surface area contributed by atoms with Gasteiger partial charge in [0.25, 0.3) is 0 Å². The lowest BCUT2D eigenvalue weighted by molar-refractivity contribution is -0.138. The number of carboxylic acid groups (broad SMARTS) is 1. The van der Waals surface area contributed by atoms with E-state index in [0.29, 0.717) is 17.7 Å². The summed E-state index contributed by atoms with van der Waals surface area (Å²) in [6.45, 7) is 3.89. The van der Waals surface area contributed by atoms with Crippen LogP contribution in [0.25, 0.3) is 0 Å². The maximum absolute atomic E-state index is 12.3. The number of methoxy groups -OCH3 is 2. The summed E-state index contributed by atoms with van der Waals surface area (Å²) in [5.41, 5.74) is 10.0. The number of benzene rings is 2. The fourth-order valence-electron chi connectivity index (χ4n) is 5.04. The van der Waals surface area contributed by atoms with Crippen LogP contribution in [0.1, 0.15) is 72.9 Å². The molecule has 6 rings (SSSR count). The lowest BCUT2D eigenvalue weighted by Crippen LogP contribution is -2.28. The number of pyridine rings is 2. The molecule has 4 aromatic rings. The number of amides is 1. The van der Waals surface area contributed by atoms with Crippen molar-refractivity contribution in [2.24, 2.45) is 17.6 Å². The molecule has 2 saturated carbocycles. The standard InChI is InChI=1S/C18H20N2O2.C10H10O2.C8H12N2O/c1-12(14-8-9-17(22-2)19-11-14)20-18(21)16-10-15(16)13-6-4-3-5-7-13;11-10(12)9-6-8(9)7-4-2-1-3-5-7;1-6(9)7-3-4-8(11-2)10-5-7/h3-9,11-12,15-16H,10H2,1-2H3,(H,20,21);1-5,8-9H,6H2,(H,11,12);3-6H,9H2,1-2H3/t12-,15+,16-;8-,9+;6-/m010/s1. The zero-order chi connectivity index (χ0) is 32.3. The predicted molar refractivity (Wildman–Crippen MR) is 173 cm³/mol. The summed E-state index contributed by atoms with van der Waals surface area (Å²) in [4.78, 5) is 31.1.